The third kappa shape index (κ3) is 6.24. The molecule has 33 heavy (non-hydrogen) atoms. The first-order chi connectivity index (χ1) is 15.7. The molecule has 2 heterocycles. The Morgan fingerprint density at radius 2 is 1.85 bits per heavy atom. The van der Waals surface area contributed by atoms with Crippen molar-refractivity contribution in [2.75, 3.05) is 24.3 Å². The lowest BCUT2D eigenvalue weighted by Gasteiger charge is -2.10. The van der Waals surface area contributed by atoms with E-state index in [0.29, 0.717) is 10.6 Å². The third-order valence-corrected chi connectivity index (χ3v) is 6.31. The third-order valence-electron chi connectivity index (χ3n) is 3.94. The number of sulfonamides is 1. The van der Waals surface area contributed by atoms with E-state index >= 15 is 0 Å². The topological polar surface area (TPSA) is 163 Å². The van der Waals surface area contributed by atoms with Gasteiger partial charge in [0.2, 0.25) is 11.8 Å². The van der Waals surface area contributed by atoms with E-state index in [1.807, 2.05) is 0 Å². The summed E-state index contributed by atoms with van der Waals surface area (Å²) in [6, 6.07) is 9.54. The Kier molecular flexibility index (Phi) is 7.20. The van der Waals surface area contributed by atoms with Crippen LogP contribution in [0.15, 0.2) is 53.4 Å². The van der Waals surface area contributed by atoms with Gasteiger partial charge in [0, 0.05) is 28.8 Å². The van der Waals surface area contributed by atoms with Crippen molar-refractivity contribution in [3.05, 3.63) is 63.5 Å². The molecule has 0 fully saturated rings. The maximum atomic E-state index is 12.6. The molecule has 3 rings (SSSR count). The van der Waals surface area contributed by atoms with Crippen molar-refractivity contribution in [1.82, 2.24) is 9.97 Å². The monoisotopic (exact) mass is 491 g/mol. The number of nitro groups is 1. The lowest BCUT2D eigenvalue weighted by molar-refractivity contribution is -0.380. The van der Waals surface area contributed by atoms with Crippen LogP contribution in [0.5, 0.6) is 11.9 Å². The highest BCUT2D eigenvalue weighted by molar-refractivity contribution is 7.92. The summed E-state index contributed by atoms with van der Waals surface area (Å²) < 4.78 is 37.5. The Labute approximate surface area is 192 Å². The fourth-order valence-electron chi connectivity index (χ4n) is 2.44. The predicted octanol–water partition coefficient (Wildman–Crippen LogP) is 2.92. The van der Waals surface area contributed by atoms with Gasteiger partial charge >= 0.3 is 11.0 Å². The average molecular weight is 492 g/mol. The first kappa shape index (κ1) is 23.6. The van der Waals surface area contributed by atoms with Crippen LogP contribution in [-0.4, -0.2) is 43.4 Å². The number of hydrogen-bond acceptors (Lipinski definition) is 10. The smallest absolute Gasteiger partial charge is 0.324 e. The Balaban J connectivity index is 1.66. The number of carbonyl (C=O) groups is 1. The Morgan fingerprint density at radius 1 is 1.12 bits per heavy atom. The number of ether oxygens (including phenoxy) is 2. The molecular weight excluding hydrogens is 474 g/mol. The zero-order valence-electron chi connectivity index (χ0n) is 17.2. The molecule has 0 saturated heterocycles. The van der Waals surface area contributed by atoms with E-state index < -0.39 is 20.9 Å². The maximum Gasteiger partial charge on any atom is 0.324 e. The largest absolute Gasteiger partial charge is 0.481 e. The SMILES string of the molecule is COc1cc(NS(=O)(=O)c2ccc(NC(=O)C=Cc3ccc([N+](=O)[O-])s3)cc2)nc(OC)n1. The van der Waals surface area contributed by atoms with Crippen molar-refractivity contribution < 1.29 is 27.6 Å². The predicted molar refractivity (Wildman–Crippen MR) is 121 cm³/mol. The van der Waals surface area contributed by atoms with Gasteiger partial charge in [0.25, 0.3) is 10.0 Å². The number of methoxy groups -OCH3 is 2. The van der Waals surface area contributed by atoms with Crippen molar-refractivity contribution in [2.24, 2.45) is 0 Å². The lowest BCUT2D eigenvalue weighted by Crippen LogP contribution is -2.15. The number of thiophene rings is 1. The molecule has 0 spiro atoms. The molecule has 3 aromatic rings. The Hall–Kier alpha value is -4.04. The first-order valence-electron chi connectivity index (χ1n) is 9.03. The van der Waals surface area contributed by atoms with Crippen molar-refractivity contribution in [2.45, 2.75) is 4.90 Å². The number of nitrogens with zero attached hydrogens (tertiary/aromatic N) is 3. The normalized spacial score (nSPS) is 11.2. The lowest BCUT2D eigenvalue weighted by atomic mass is 10.3. The maximum absolute atomic E-state index is 12.6. The molecular formula is C19H17N5O7S2. The zero-order chi connectivity index (χ0) is 24.0. The molecule has 0 aliphatic heterocycles. The minimum Gasteiger partial charge on any atom is -0.481 e. The van der Waals surface area contributed by atoms with E-state index in [9.17, 15) is 23.3 Å². The molecule has 14 heteroatoms. The number of aromatic nitrogens is 2. The van der Waals surface area contributed by atoms with Gasteiger partial charge in [-0.05, 0) is 36.4 Å². The second-order valence-corrected chi connectivity index (χ2v) is 8.94. The summed E-state index contributed by atoms with van der Waals surface area (Å²) in [5.74, 6) is -0.419. The summed E-state index contributed by atoms with van der Waals surface area (Å²) >= 11 is 0.935. The van der Waals surface area contributed by atoms with E-state index in [1.165, 1.54) is 68.8 Å². The number of hydrogen-bond donors (Lipinski definition) is 2. The van der Waals surface area contributed by atoms with Gasteiger partial charge in [0.15, 0.2) is 5.82 Å². The highest BCUT2D eigenvalue weighted by Crippen LogP contribution is 2.25. The van der Waals surface area contributed by atoms with E-state index in [1.54, 1.807) is 0 Å². The number of benzene rings is 1. The summed E-state index contributed by atoms with van der Waals surface area (Å²) in [6.45, 7) is 0. The minimum absolute atomic E-state index is 0.0284. The number of nitrogens with one attached hydrogen (secondary N) is 2. The molecule has 172 valence electrons. The van der Waals surface area contributed by atoms with Crippen LogP contribution in [0.4, 0.5) is 16.5 Å². The van der Waals surface area contributed by atoms with Gasteiger partial charge in [-0.15, -0.1) is 0 Å². The average Bonchev–Trinajstić information content (AvgIpc) is 3.27. The summed E-state index contributed by atoms with van der Waals surface area (Å²) in [4.78, 5) is 30.5. The van der Waals surface area contributed by atoms with Crippen molar-refractivity contribution in [3.8, 4) is 11.9 Å². The molecule has 0 atom stereocenters. The van der Waals surface area contributed by atoms with Crippen LogP contribution < -0.4 is 19.5 Å². The van der Waals surface area contributed by atoms with Crippen LogP contribution in [0.1, 0.15) is 4.88 Å². The van der Waals surface area contributed by atoms with Crippen LogP contribution in [0.3, 0.4) is 0 Å². The minimum atomic E-state index is -3.99. The van der Waals surface area contributed by atoms with Gasteiger partial charge in [0.1, 0.15) is 0 Å². The summed E-state index contributed by atoms with van der Waals surface area (Å²) in [5.41, 5.74) is 0.353. The second-order valence-electron chi connectivity index (χ2n) is 6.17. The molecule has 0 unspecified atom stereocenters. The fourth-order valence-corrected chi connectivity index (χ4v) is 4.15. The van der Waals surface area contributed by atoms with Gasteiger partial charge in [-0.3, -0.25) is 19.6 Å². The van der Waals surface area contributed by atoms with Crippen molar-refractivity contribution in [1.29, 1.82) is 0 Å². The first-order valence-corrected chi connectivity index (χ1v) is 11.3. The van der Waals surface area contributed by atoms with Gasteiger partial charge in [-0.25, -0.2) is 8.42 Å². The molecule has 2 N–H and O–H groups in total. The molecule has 0 saturated carbocycles. The van der Waals surface area contributed by atoms with Gasteiger partial charge < -0.3 is 14.8 Å². The van der Waals surface area contributed by atoms with Gasteiger partial charge in [-0.2, -0.15) is 9.97 Å². The standard InChI is InChI=1S/C19H17N5O7S2/c1-30-17-11-15(21-19(22-17)31-2)23-33(28,29)14-7-3-12(4-8-14)20-16(25)9-5-13-6-10-18(32-13)24(26)27/h3-11H,1-2H3,(H,20,25)(H,21,22,23). The Morgan fingerprint density at radius 3 is 2.45 bits per heavy atom. The molecule has 0 aliphatic carbocycles. The van der Waals surface area contributed by atoms with Crippen LogP contribution in [0.2, 0.25) is 0 Å². The summed E-state index contributed by atoms with van der Waals surface area (Å²) in [7, 11) is -1.29. The van der Waals surface area contributed by atoms with Gasteiger partial charge in [-0.1, -0.05) is 11.3 Å². The number of rotatable bonds is 9. The molecule has 2 aromatic heterocycles. The number of carbonyl (C=O) groups excluding carboxylic acids is 1. The highest BCUT2D eigenvalue weighted by atomic mass is 32.2. The van der Waals surface area contributed by atoms with E-state index in [-0.39, 0.29) is 27.6 Å². The van der Waals surface area contributed by atoms with Crippen LogP contribution in [0.25, 0.3) is 6.08 Å². The van der Waals surface area contributed by atoms with Crippen LogP contribution in [0, 0.1) is 10.1 Å². The zero-order valence-corrected chi connectivity index (χ0v) is 18.8. The van der Waals surface area contributed by atoms with Crippen molar-refractivity contribution >= 4 is 49.8 Å². The molecule has 1 amide bonds. The second kappa shape index (κ2) is 10.1. The van der Waals surface area contributed by atoms with E-state index in [4.69, 9.17) is 9.47 Å². The molecule has 0 aliphatic rings. The molecule has 0 radical (unpaired) electrons. The summed E-state index contributed by atoms with van der Waals surface area (Å²) in [6.07, 6.45) is 2.66. The van der Waals surface area contributed by atoms with E-state index in [0.717, 1.165) is 11.3 Å². The molecule has 12 nitrogen and oxygen atoms in total. The van der Waals surface area contributed by atoms with Crippen LogP contribution in [-0.2, 0) is 14.8 Å². The number of anilines is 2. The van der Waals surface area contributed by atoms with Crippen molar-refractivity contribution in [3.63, 3.8) is 0 Å². The molecule has 1 aromatic carbocycles. The quantitative estimate of drug-likeness (QED) is 0.260. The Bertz CT molecular complexity index is 1280. The summed E-state index contributed by atoms with van der Waals surface area (Å²) in [5, 5.41) is 13.2. The van der Waals surface area contributed by atoms with E-state index in [2.05, 4.69) is 20.0 Å². The van der Waals surface area contributed by atoms with Crippen LogP contribution >= 0.6 is 11.3 Å². The highest BCUT2D eigenvalue weighted by Gasteiger charge is 2.17. The van der Waals surface area contributed by atoms with Gasteiger partial charge in [0.05, 0.1) is 24.0 Å². The number of amides is 1. The fraction of sp³-hybridized carbons (Fsp3) is 0.105. The molecule has 0 bridgehead atoms.